The fourth-order valence-electron chi connectivity index (χ4n) is 2.18. The summed E-state index contributed by atoms with van der Waals surface area (Å²) in [7, 11) is 0. The second-order valence-electron chi connectivity index (χ2n) is 5.73. The van der Waals surface area contributed by atoms with Gasteiger partial charge in [-0.1, -0.05) is 37.2 Å². The Hall–Kier alpha value is -3.02. The number of hydrogen-bond donors (Lipinski definition) is 1. The minimum Gasteiger partial charge on any atom is -0.339 e. The first-order chi connectivity index (χ1) is 11.6. The number of para-hydroxylation sites is 1. The number of amides is 1. The van der Waals surface area contributed by atoms with E-state index in [9.17, 15) is 4.79 Å². The van der Waals surface area contributed by atoms with E-state index in [1.807, 2.05) is 50.2 Å². The summed E-state index contributed by atoms with van der Waals surface area (Å²) in [5.74, 6) is 0.879. The second-order valence-corrected chi connectivity index (χ2v) is 5.73. The van der Waals surface area contributed by atoms with Crippen molar-refractivity contribution >= 4 is 11.6 Å². The maximum absolute atomic E-state index is 11.9. The van der Waals surface area contributed by atoms with E-state index < -0.39 is 0 Å². The number of pyridine rings is 1. The molecule has 0 aliphatic carbocycles. The Balaban J connectivity index is 1.80. The molecule has 1 N–H and O–H groups in total. The van der Waals surface area contributed by atoms with Gasteiger partial charge in [0.05, 0.1) is 6.42 Å². The van der Waals surface area contributed by atoms with Crippen LogP contribution in [0.4, 0.5) is 5.69 Å². The smallest absolute Gasteiger partial charge is 0.231 e. The van der Waals surface area contributed by atoms with Gasteiger partial charge in [0.1, 0.15) is 0 Å². The van der Waals surface area contributed by atoms with Crippen molar-refractivity contribution in [3.8, 4) is 11.4 Å². The predicted octanol–water partition coefficient (Wildman–Crippen LogP) is 3.32. The van der Waals surface area contributed by atoms with E-state index in [0.29, 0.717) is 18.1 Å². The van der Waals surface area contributed by atoms with Crippen LogP contribution in [-0.4, -0.2) is 21.0 Å². The lowest BCUT2D eigenvalue weighted by Gasteiger charge is -2.11. The third-order valence-corrected chi connectivity index (χ3v) is 3.53. The van der Waals surface area contributed by atoms with E-state index >= 15 is 0 Å². The Morgan fingerprint density at radius 2 is 2.04 bits per heavy atom. The minimum atomic E-state index is -0.0846. The third kappa shape index (κ3) is 3.65. The molecule has 0 unspecified atom stereocenters. The quantitative estimate of drug-likeness (QED) is 0.779. The summed E-state index contributed by atoms with van der Waals surface area (Å²) in [6, 6.07) is 11.3. The molecule has 1 amide bonds. The standard InChI is InChI=1S/C18H18N4O2/c1-12(2)18(23)20-15-8-4-3-6-13(15)10-16-21-17(22-24-16)14-7-5-9-19-11-14/h3-9,11-12H,10H2,1-2H3,(H,20,23). The highest BCUT2D eigenvalue weighted by molar-refractivity contribution is 5.92. The summed E-state index contributed by atoms with van der Waals surface area (Å²) < 4.78 is 5.33. The molecule has 0 spiro atoms. The maximum atomic E-state index is 11.9. The van der Waals surface area contributed by atoms with Gasteiger partial charge in [0.2, 0.25) is 17.6 Å². The van der Waals surface area contributed by atoms with Crippen molar-refractivity contribution in [2.45, 2.75) is 20.3 Å². The molecule has 6 heteroatoms. The van der Waals surface area contributed by atoms with Crippen LogP contribution in [0.1, 0.15) is 25.3 Å². The summed E-state index contributed by atoms with van der Waals surface area (Å²) in [5, 5.41) is 6.92. The molecule has 0 fully saturated rings. The fourth-order valence-corrected chi connectivity index (χ4v) is 2.18. The van der Waals surface area contributed by atoms with Crippen LogP contribution in [0.3, 0.4) is 0 Å². The summed E-state index contributed by atoms with van der Waals surface area (Å²) >= 11 is 0. The van der Waals surface area contributed by atoms with Gasteiger partial charge in [-0.25, -0.2) is 0 Å². The molecule has 2 aromatic heterocycles. The van der Waals surface area contributed by atoms with Crippen LogP contribution in [0.2, 0.25) is 0 Å². The van der Waals surface area contributed by atoms with Gasteiger partial charge in [-0.2, -0.15) is 4.98 Å². The maximum Gasteiger partial charge on any atom is 0.231 e. The summed E-state index contributed by atoms with van der Waals surface area (Å²) in [4.78, 5) is 20.4. The Labute approximate surface area is 139 Å². The van der Waals surface area contributed by atoms with Crippen LogP contribution in [0.25, 0.3) is 11.4 Å². The van der Waals surface area contributed by atoms with Gasteiger partial charge in [0.25, 0.3) is 0 Å². The predicted molar refractivity (Wildman–Crippen MR) is 90.2 cm³/mol. The zero-order valence-corrected chi connectivity index (χ0v) is 13.6. The van der Waals surface area contributed by atoms with Gasteiger partial charge >= 0.3 is 0 Å². The molecule has 3 aromatic rings. The molecular weight excluding hydrogens is 304 g/mol. The van der Waals surface area contributed by atoms with E-state index in [0.717, 1.165) is 16.8 Å². The Bertz CT molecular complexity index is 828. The van der Waals surface area contributed by atoms with Crippen LogP contribution in [0.15, 0.2) is 53.3 Å². The molecule has 0 saturated heterocycles. The molecule has 6 nitrogen and oxygen atoms in total. The molecular formula is C18H18N4O2. The largest absolute Gasteiger partial charge is 0.339 e. The molecule has 24 heavy (non-hydrogen) atoms. The normalized spacial score (nSPS) is 10.8. The number of nitrogens with zero attached hydrogens (tertiary/aromatic N) is 3. The van der Waals surface area contributed by atoms with Crippen molar-refractivity contribution in [2.24, 2.45) is 5.92 Å². The first-order valence-corrected chi connectivity index (χ1v) is 7.75. The van der Waals surface area contributed by atoms with Crippen LogP contribution >= 0.6 is 0 Å². The number of aromatic nitrogens is 3. The second kappa shape index (κ2) is 7.04. The Morgan fingerprint density at radius 1 is 1.21 bits per heavy atom. The Kier molecular flexibility index (Phi) is 4.65. The zero-order chi connectivity index (χ0) is 16.9. The molecule has 1 aromatic carbocycles. The molecule has 0 radical (unpaired) electrons. The molecule has 3 rings (SSSR count). The lowest BCUT2D eigenvalue weighted by Crippen LogP contribution is -2.18. The molecule has 0 atom stereocenters. The first kappa shape index (κ1) is 15.9. The number of anilines is 1. The summed E-state index contributed by atoms with van der Waals surface area (Å²) in [6.45, 7) is 3.71. The molecule has 0 aliphatic rings. The first-order valence-electron chi connectivity index (χ1n) is 7.75. The highest BCUT2D eigenvalue weighted by atomic mass is 16.5. The highest BCUT2D eigenvalue weighted by Crippen LogP contribution is 2.21. The number of carbonyl (C=O) groups is 1. The lowest BCUT2D eigenvalue weighted by atomic mass is 10.1. The SMILES string of the molecule is CC(C)C(=O)Nc1ccccc1Cc1nc(-c2cccnc2)no1. The molecule has 0 bridgehead atoms. The van der Waals surface area contributed by atoms with E-state index in [4.69, 9.17) is 4.52 Å². The number of benzene rings is 1. The van der Waals surface area contributed by atoms with Gasteiger partial charge < -0.3 is 9.84 Å². The van der Waals surface area contributed by atoms with Gasteiger partial charge in [0, 0.05) is 29.6 Å². The van der Waals surface area contributed by atoms with Crippen LogP contribution in [0.5, 0.6) is 0 Å². The monoisotopic (exact) mass is 322 g/mol. The van der Waals surface area contributed by atoms with Crippen molar-refractivity contribution in [1.29, 1.82) is 0 Å². The van der Waals surface area contributed by atoms with Crippen molar-refractivity contribution in [3.05, 3.63) is 60.2 Å². The Morgan fingerprint density at radius 3 is 2.79 bits per heavy atom. The van der Waals surface area contributed by atoms with Crippen LogP contribution in [-0.2, 0) is 11.2 Å². The van der Waals surface area contributed by atoms with Gasteiger partial charge in [0.15, 0.2) is 0 Å². The highest BCUT2D eigenvalue weighted by Gasteiger charge is 2.13. The van der Waals surface area contributed by atoms with E-state index in [2.05, 4.69) is 20.4 Å². The van der Waals surface area contributed by atoms with Gasteiger partial charge in [-0.3, -0.25) is 9.78 Å². The average molecular weight is 322 g/mol. The number of nitrogens with one attached hydrogen (secondary N) is 1. The van der Waals surface area contributed by atoms with Gasteiger partial charge in [-0.05, 0) is 23.8 Å². The topological polar surface area (TPSA) is 80.9 Å². The molecule has 0 saturated carbocycles. The fraction of sp³-hybridized carbons (Fsp3) is 0.222. The van der Waals surface area contributed by atoms with Crippen molar-refractivity contribution in [2.75, 3.05) is 5.32 Å². The van der Waals surface area contributed by atoms with Crippen molar-refractivity contribution < 1.29 is 9.32 Å². The van der Waals surface area contributed by atoms with E-state index in [1.54, 1.807) is 12.4 Å². The summed E-state index contributed by atoms with van der Waals surface area (Å²) in [5.41, 5.74) is 2.49. The van der Waals surface area contributed by atoms with Crippen molar-refractivity contribution in [3.63, 3.8) is 0 Å². The minimum absolute atomic E-state index is 0.0240. The van der Waals surface area contributed by atoms with Crippen molar-refractivity contribution in [1.82, 2.24) is 15.1 Å². The molecule has 0 aliphatic heterocycles. The summed E-state index contributed by atoms with van der Waals surface area (Å²) in [6.07, 6.45) is 3.82. The van der Waals surface area contributed by atoms with Crippen LogP contribution in [0, 0.1) is 5.92 Å². The zero-order valence-electron chi connectivity index (χ0n) is 13.6. The molecule has 122 valence electrons. The average Bonchev–Trinajstić information content (AvgIpc) is 3.06. The molecule has 2 heterocycles. The van der Waals surface area contributed by atoms with Crippen LogP contribution < -0.4 is 5.32 Å². The van der Waals surface area contributed by atoms with Gasteiger partial charge in [-0.15, -0.1) is 0 Å². The van der Waals surface area contributed by atoms with E-state index in [1.165, 1.54) is 0 Å². The van der Waals surface area contributed by atoms with E-state index in [-0.39, 0.29) is 11.8 Å². The third-order valence-electron chi connectivity index (χ3n) is 3.53. The number of carbonyl (C=O) groups excluding carboxylic acids is 1. The number of hydrogen-bond acceptors (Lipinski definition) is 5. The number of rotatable bonds is 5. The lowest BCUT2D eigenvalue weighted by molar-refractivity contribution is -0.118.